The van der Waals surface area contributed by atoms with E-state index >= 15 is 0 Å². The van der Waals surface area contributed by atoms with Crippen molar-refractivity contribution < 1.29 is 14.3 Å². The maximum Gasteiger partial charge on any atom is 0.343 e. The number of methoxy groups -OCH3 is 1. The monoisotopic (exact) mass is 208 g/mol. The minimum atomic E-state index is -0.367. The van der Waals surface area contributed by atoms with Crippen LogP contribution in [0.5, 0.6) is 5.75 Å². The fraction of sp³-hybridized carbons (Fsp3) is 0.417. The molecule has 0 aliphatic carbocycles. The smallest absolute Gasteiger partial charge is 0.343 e. The van der Waals surface area contributed by atoms with E-state index in [9.17, 15) is 4.79 Å². The van der Waals surface area contributed by atoms with Gasteiger partial charge in [-0.2, -0.15) is 0 Å². The topological polar surface area (TPSA) is 35.5 Å². The molecule has 0 aliphatic heterocycles. The van der Waals surface area contributed by atoms with Crippen LogP contribution in [0.15, 0.2) is 18.2 Å². The molecule has 0 saturated heterocycles. The van der Waals surface area contributed by atoms with E-state index < -0.39 is 0 Å². The molecule has 0 saturated carbocycles. The summed E-state index contributed by atoms with van der Waals surface area (Å²) in [6.45, 7) is 4.03. The van der Waals surface area contributed by atoms with Gasteiger partial charge in [0.05, 0.1) is 7.11 Å². The van der Waals surface area contributed by atoms with Gasteiger partial charge < -0.3 is 9.47 Å². The van der Waals surface area contributed by atoms with Crippen LogP contribution in [0.25, 0.3) is 0 Å². The zero-order chi connectivity index (χ0) is 11.3. The van der Waals surface area contributed by atoms with Crippen molar-refractivity contribution in [2.75, 3.05) is 13.7 Å². The summed E-state index contributed by atoms with van der Waals surface area (Å²) in [5.41, 5.74) is 2.30. The molecule has 0 aliphatic rings. The second kappa shape index (κ2) is 5.39. The number of rotatable bonds is 4. The Hall–Kier alpha value is -1.51. The molecule has 15 heavy (non-hydrogen) atoms. The van der Waals surface area contributed by atoms with Crippen molar-refractivity contribution in [3.8, 4) is 5.75 Å². The lowest BCUT2D eigenvalue weighted by Crippen LogP contribution is -2.13. The van der Waals surface area contributed by atoms with Gasteiger partial charge in [-0.05, 0) is 30.5 Å². The highest BCUT2D eigenvalue weighted by molar-refractivity contribution is 5.70. The molecule has 0 radical (unpaired) electrons. The average molecular weight is 208 g/mol. The highest BCUT2D eigenvalue weighted by Gasteiger charge is 2.04. The van der Waals surface area contributed by atoms with Crippen molar-refractivity contribution in [3.05, 3.63) is 29.3 Å². The normalized spacial score (nSPS) is 9.80. The molecular weight excluding hydrogens is 192 g/mol. The summed E-state index contributed by atoms with van der Waals surface area (Å²) in [7, 11) is 1.35. The number of carbonyl (C=O) groups is 1. The Morgan fingerprint density at radius 2 is 2.13 bits per heavy atom. The molecule has 0 bridgehead atoms. The van der Waals surface area contributed by atoms with Crippen molar-refractivity contribution in [2.24, 2.45) is 0 Å². The Bertz CT molecular complexity index is 345. The molecule has 0 fully saturated rings. The molecule has 1 aromatic rings. The minimum absolute atomic E-state index is 0.0389. The molecule has 1 rings (SSSR count). The number of benzene rings is 1. The second-order valence-corrected chi connectivity index (χ2v) is 3.32. The summed E-state index contributed by atoms with van der Waals surface area (Å²) in [5.74, 6) is 0.367. The molecule has 3 heteroatoms. The van der Waals surface area contributed by atoms with Crippen LogP contribution >= 0.6 is 0 Å². The average Bonchev–Trinajstić information content (AvgIpc) is 2.26. The Morgan fingerprint density at radius 3 is 2.67 bits per heavy atom. The molecule has 3 nitrogen and oxygen atoms in total. The Labute approximate surface area is 90.0 Å². The minimum Gasteiger partial charge on any atom is -0.482 e. The first kappa shape index (κ1) is 11.6. The Morgan fingerprint density at radius 1 is 1.40 bits per heavy atom. The van der Waals surface area contributed by atoms with E-state index in [0.29, 0.717) is 0 Å². The predicted octanol–water partition coefficient (Wildman–Crippen LogP) is 2.11. The summed E-state index contributed by atoms with van der Waals surface area (Å²) < 4.78 is 9.81. The van der Waals surface area contributed by atoms with Crippen LogP contribution in [-0.4, -0.2) is 19.7 Å². The van der Waals surface area contributed by atoms with E-state index in [1.54, 1.807) is 0 Å². The summed E-state index contributed by atoms with van der Waals surface area (Å²) in [4.78, 5) is 10.9. The van der Waals surface area contributed by atoms with E-state index in [2.05, 4.69) is 17.7 Å². The van der Waals surface area contributed by atoms with Gasteiger partial charge in [-0.15, -0.1) is 0 Å². The molecule has 0 aromatic heterocycles. The van der Waals surface area contributed by atoms with Gasteiger partial charge >= 0.3 is 5.97 Å². The van der Waals surface area contributed by atoms with Crippen molar-refractivity contribution in [3.63, 3.8) is 0 Å². The van der Waals surface area contributed by atoms with Crippen LogP contribution in [0.4, 0.5) is 0 Å². The zero-order valence-electron chi connectivity index (χ0n) is 9.37. The van der Waals surface area contributed by atoms with Crippen LogP contribution in [0.3, 0.4) is 0 Å². The number of ether oxygens (including phenoxy) is 2. The fourth-order valence-electron chi connectivity index (χ4n) is 1.29. The highest BCUT2D eigenvalue weighted by Crippen LogP contribution is 2.19. The van der Waals surface area contributed by atoms with Gasteiger partial charge in [0.2, 0.25) is 0 Å². The lowest BCUT2D eigenvalue weighted by atomic mass is 10.1. The van der Waals surface area contributed by atoms with Gasteiger partial charge in [-0.3, -0.25) is 0 Å². The van der Waals surface area contributed by atoms with E-state index in [1.165, 1.54) is 12.7 Å². The molecule has 0 N–H and O–H groups in total. The van der Waals surface area contributed by atoms with Crippen LogP contribution in [0, 0.1) is 6.92 Å². The van der Waals surface area contributed by atoms with Crippen molar-refractivity contribution in [1.29, 1.82) is 0 Å². The van der Waals surface area contributed by atoms with Crippen molar-refractivity contribution >= 4 is 5.97 Å². The van der Waals surface area contributed by atoms with Crippen LogP contribution in [-0.2, 0) is 16.0 Å². The second-order valence-electron chi connectivity index (χ2n) is 3.32. The Balaban J connectivity index is 2.66. The first-order valence-electron chi connectivity index (χ1n) is 4.96. The first-order chi connectivity index (χ1) is 7.17. The van der Waals surface area contributed by atoms with Crippen LogP contribution < -0.4 is 4.74 Å². The third kappa shape index (κ3) is 3.27. The molecule has 0 amide bonds. The van der Waals surface area contributed by atoms with Gasteiger partial charge in [-0.1, -0.05) is 19.1 Å². The lowest BCUT2D eigenvalue weighted by Gasteiger charge is -2.08. The predicted molar refractivity (Wildman–Crippen MR) is 58.1 cm³/mol. The summed E-state index contributed by atoms with van der Waals surface area (Å²) in [5, 5.41) is 0. The van der Waals surface area contributed by atoms with E-state index in [4.69, 9.17) is 4.74 Å². The molecule has 0 heterocycles. The first-order valence-corrected chi connectivity index (χ1v) is 4.96. The van der Waals surface area contributed by atoms with Gasteiger partial charge in [0.1, 0.15) is 5.75 Å². The molecule has 0 atom stereocenters. The van der Waals surface area contributed by atoms with Crippen LogP contribution in [0.2, 0.25) is 0 Å². The quantitative estimate of drug-likeness (QED) is 0.711. The lowest BCUT2D eigenvalue weighted by molar-refractivity contribution is -0.142. The number of carbonyl (C=O) groups excluding carboxylic acids is 1. The molecule has 1 aromatic carbocycles. The molecule has 0 unspecified atom stereocenters. The number of hydrogen-bond acceptors (Lipinski definition) is 3. The Kier molecular flexibility index (Phi) is 4.16. The third-order valence-corrected chi connectivity index (χ3v) is 2.22. The molecule has 82 valence electrons. The molecular formula is C12H16O3. The van der Waals surface area contributed by atoms with E-state index in [-0.39, 0.29) is 12.6 Å². The van der Waals surface area contributed by atoms with E-state index in [0.717, 1.165) is 17.7 Å². The maximum absolute atomic E-state index is 10.9. The van der Waals surface area contributed by atoms with Gasteiger partial charge in [0, 0.05) is 0 Å². The zero-order valence-corrected chi connectivity index (χ0v) is 9.37. The molecule has 0 spiro atoms. The number of esters is 1. The fourth-order valence-corrected chi connectivity index (χ4v) is 1.29. The summed E-state index contributed by atoms with van der Waals surface area (Å²) in [6, 6.07) is 5.95. The number of hydrogen-bond donors (Lipinski definition) is 0. The SMILES string of the molecule is CCc1ccc(OCC(=O)OC)c(C)c1. The maximum atomic E-state index is 10.9. The summed E-state index contributed by atoms with van der Waals surface area (Å²) >= 11 is 0. The van der Waals surface area contributed by atoms with Crippen molar-refractivity contribution in [2.45, 2.75) is 20.3 Å². The standard InChI is InChI=1S/C12H16O3/c1-4-10-5-6-11(9(2)7-10)15-8-12(13)14-3/h5-7H,4,8H2,1-3H3. The van der Waals surface area contributed by atoms with Gasteiger partial charge in [0.25, 0.3) is 0 Å². The third-order valence-electron chi connectivity index (χ3n) is 2.22. The largest absolute Gasteiger partial charge is 0.482 e. The summed E-state index contributed by atoms with van der Waals surface area (Å²) in [6.07, 6.45) is 0.998. The van der Waals surface area contributed by atoms with Crippen LogP contribution in [0.1, 0.15) is 18.1 Å². The van der Waals surface area contributed by atoms with Crippen molar-refractivity contribution in [1.82, 2.24) is 0 Å². The number of aryl methyl sites for hydroxylation is 2. The highest BCUT2D eigenvalue weighted by atomic mass is 16.6. The van der Waals surface area contributed by atoms with E-state index in [1.807, 2.05) is 19.1 Å². The van der Waals surface area contributed by atoms with Gasteiger partial charge in [-0.25, -0.2) is 4.79 Å². The van der Waals surface area contributed by atoms with Gasteiger partial charge in [0.15, 0.2) is 6.61 Å².